The van der Waals surface area contributed by atoms with E-state index < -0.39 is 18.8 Å². The fraction of sp³-hybridized carbons (Fsp3) is 0.714. The summed E-state index contributed by atoms with van der Waals surface area (Å²) >= 11 is 0. The molecule has 0 bridgehead atoms. The van der Waals surface area contributed by atoms with E-state index in [9.17, 15) is 19.0 Å². The number of nitrogens with zero attached hydrogens (tertiary/aromatic N) is 1. The van der Waals surface area contributed by atoms with Gasteiger partial charge in [0.2, 0.25) is 0 Å². The maximum atomic E-state index is 12.1. The van der Waals surface area contributed by atoms with E-state index in [1.54, 1.807) is 6.08 Å². The van der Waals surface area contributed by atoms with Gasteiger partial charge in [0.25, 0.3) is 5.56 Å². The van der Waals surface area contributed by atoms with E-state index in [0.717, 1.165) is 6.42 Å². The maximum Gasteiger partial charge on any atom is 0.331 e. The molecule has 8 nitrogen and oxygen atoms in total. The summed E-state index contributed by atoms with van der Waals surface area (Å²) in [6, 6.07) is 1.24. The molecule has 0 radical (unpaired) electrons. The standard InChI is InChI=1S/C21H37N2O6P/c1-17(2)20(3,4)16-21(5,6)28-13-9-14-29-30(26,27)15-8-7-11-23-12-10-18(24)22-19(23)25/h7-8,10,12,17H,9,11,13-16H2,1-6H3,(H,26,27)(H,22,24,25)/b8-7+. The monoisotopic (exact) mass is 444 g/mol. The van der Waals surface area contributed by atoms with Crippen LogP contribution in [0.2, 0.25) is 0 Å². The van der Waals surface area contributed by atoms with Crippen molar-refractivity contribution in [2.75, 3.05) is 19.4 Å². The van der Waals surface area contributed by atoms with Crippen LogP contribution in [-0.4, -0.2) is 39.4 Å². The van der Waals surface area contributed by atoms with E-state index in [1.165, 1.54) is 22.9 Å². The van der Waals surface area contributed by atoms with Gasteiger partial charge in [-0.05, 0) is 38.0 Å². The number of hydrogen-bond donors (Lipinski definition) is 2. The van der Waals surface area contributed by atoms with Crippen molar-refractivity contribution in [1.29, 1.82) is 0 Å². The molecule has 0 saturated heterocycles. The minimum Gasteiger partial charge on any atom is -0.375 e. The molecule has 0 aliphatic rings. The van der Waals surface area contributed by atoms with E-state index in [4.69, 9.17) is 9.26 Å². The third-order valence-corrected chi connectivity index (χ3v) is 6.48. The lowest BCUT2D eigenvalue weighted by Crippen LogP contribution is -2.34. The Morgan fingerprint density at radius 3 is 2.47 bits per heavy atom. The van der Waals surface area contributed by atoms with Gasteiger partial charge in [-0.25, -0.2) is 4.79 Å². The molecule has 0 aliphatic heterocycles. The highest BCUT2D eigenvalue weighted by atomic mass is 31.2. The molecule has 0 saturated carbocycles. The number of aromatic nitrogens is 2. The van der Waals surface area contributed by atoms with Crippen molar-refractivity contribution >= 4 is 7.60 Å². The number of allylic oxidation sites excluding steroid dienone is 2. The Kier molecular flexibility index (Phi) is 9.95. The molecular weight excluding hydrogens is 407 g/mol. The van der Waals surface area contributed by atoms with Crippen molar-refractivity contribution in [3.63, 3.8) is 0 Å². The number of H-pyrrole nitrogens is 1. The normalized spacial score (nSPS) is 15.1. The lowest BCUT2D eigenvalue weighted by atomic mass is 9.73. The molecule has 1 heterocycles. The van der Waals surface area contributed by atoms with Crippen LogP contribution in [0.25, 0.3) is 0 Å². The largest absolute Gasteiger partial charge is 0.375 e. The van der Waals surface area contributed by atoms with Crippen LogP contribution >= 0.6 is 7.60 Å². The Balaban J connectivity index is 2.34. The molecule has 0 fully saturated rings. The minimum absolute atomic E-state index is 0.130. The van der Waals surface area contributed by atoms with Gasteiger partial charge in [0.05, 0.1) is 18.4 Å². The Labute approximate surface area is 178 Å². The van der Waals surface area contributed by atoms with Gasteiger partial charge in [-0.3, -0.25) is 18.9 Å². The first-order valence-corrected chi connectivity index (χ1v) is 12.1. The van der Waals surface area contributed by atoms with Gasteiger partial charge in [0, 0.05) is 25.4 Å². The molecule has 0 spiro atoms. The van der Waals surface area contributed by atoms with Crippen LogP contribution in [0, 0.1) is 11.3 Å². The van der Waals surface area contributed by atoms with E-state index in [1.807, 2.05) is 0 Å². The zero-order valence-electron chi connectivity index (χ0n) is 19.0. The van der Waals surface area contributed by atoms with Crippen LogP contribution in [0.3, 0.4) is 0 Å². The predicted octanol–water partition coefficient (Wildman–Crippen LogP) is 3.55. The molecule has 9 heteroatoms. The fourth-order valence-corrected chi connectivity index (χ4v) is 3.94. The van der Waals surface area contributed by atoms with Crippen molar-refractivity contribution < 1.29 is 18.7 Å². The van der Waals surface area contributed by atoms with Gasteiger partial charge in [0.1, 0.15) is 0 Å². The van der Waals surface area contributed by atoms with Crippen molar-refractivity contribution in [3.8, 4) is 0 Å². The Morgan fingerprint density at radius 2 is 1.87 bits per heavy atom. The van der Waals surface area contributed by atoms with Gasteiger partial charge in [-0.1, -0.05) is 39.8 Å². The molecule has 2 N–H and O–H groups in total. The highest BCUT2D eigenvalue weighted by Gasteiger charge is 2.31. The van der Waals surface area contributed by atoms with Gasteiger partial charge in [-0.15, -0.1) is 0 Å². The average Bonchev–Trinajstić information content (AvgIpc) is 2.58. The van der Waals surface area contributed by atoms with Crippen molar-refractivity contribution in [2.24, 2.45) is 11.3 Å². The molecular formula is C21H37N2O6P. The SMILES string of the molecule is CC(C)C(C)(C)CC(C)(C)OCCCOP(=O)(O)C/C=C/Cn1ccc(=O)[nH]c1=O. The van der Waals surface area contributed by atoms with Crippen molar-refractivity contribution in [1.82, 2.24) is 9.55 Å². The van der Waals surface area contributed by atoms with Gasteiger partial charge in [0.15, 0.2) is 0 Å². The van der Waals surface area contributed by atoms with Gasteiger partial charge < -0.3 is 14.2 Å². The number of hydrogen-bond acceptors (Lipinski definition) is 5. The second kappa shape index (κ2) is 11.2. The van der Waals surface area contributed by atoms with E-state index in [0.29, 0.717) is 18.9 Å². The van der Waals surface area contributed by atoms with Gasteiger partial charge in [-0.2, -0.15) is 0 Å². The molecule has 1 aromatic heterocycles. The minimum atomic E-state index is -3.75. The molecule has 1 unspecified atom stereocenters. The smallest absolute Gasteiger partial charge is 0.331 e. The molecule has 30 heavy (non-hydrogen) atoms. The third kappa shape index (κ3) is 10.0. The Morgan fingerprint density at radius 1 is 1.20 bits per heavy atom. The molecule has 1 atom stereocenters. The van der Waals surface area contributed by atoms with Crippen LogP contribution in [0.1, 0.15) is 54.4 Å². The predicted molar refractivity (Wildman–Crippen MR) is 119 cm³/mol. The lowest BCUT2D eigenvalue weighted by molar-refractivity contribution is -0.0563. The third-order valence-electron chi connectivity index (χ3n) is 5.22. The molecule has 1 rings (SSSR count). The zero-order chi connectivity index (χ0) is 23.0. The second-order valence-electron chi connectivity index (χ2n) is 9.17. The Hall–Kier alpha value is -1.47. The average molecular weight is 445 g/mol. The Bertz CT molecular complexity index is 854. The number of rotatable bonds is 13. The first-order chi connectivity index (χ1) is 13.7. The highest BCUT2D eigenvalue weighted by Crippen LogP contribution is 2.42. The summed E-state index contributed by atoms with van der Waals surface area (Å²) in [5, 5.41) is 0. The molecule has 0 amide bonds. The molecule has 172 valence electrons. The first-order valence-electron chi connectivity index (χ1n) is 10.3. The summed E-state index contributed by atoms with van der Waals surface area (Å²) in [6.07, 6.45) is 5.72. The molecule has 0 aromatic carbocycles. The van der Waals surface area contributed by atoms with E-state index in [-0.39, 0.29) is 30.3 Å². The van der Waals surface area contributed by atoms with Gasteiger partial charge >= 0.3 is 13.3 Å². The summed E-state index contributed by atoms with van der Waals surface area (Å²) in [6.45, 7) is 13.8. The van der Waals surface area contributed by atoms with Crippen LogP contribution in [0.15, 0.2) is 34.0 Å². The lowest BCUT2D eigenvalue weighted by Gasteiger charge is -2.37. The summed E-state index contributed by atoms with van der Waals surface area (Å²) in [4.78, 5) is 34.6. The van der Waals surface area contributed by atoms with Crippen LogP contribution in [0.4, 0.5) is 0 Å². The molecule has 1 aromatic rings. The second-order valence-corrected chi connectivity index (χ2v) is 11.1. The number of ether oxygens (including phenoxy) is 1. The maximum absolute atomic E-state index is 12.1. The first kappa shape index (κ1) is 26.6. The quantitative estimate of drug-likeness (QED) is 0.273. The summed E-state index contributed by atoms with van der Waals surface area (Å²) < 4.78 is 24.5. The molecule has 0 aliphatic carbocycles. The number of aromatic amines is 1. The highest BCUT2D eigenvalue weighted by molar-refractivity contribution is 7.53. The summed E-state index contributed by atoms with van der Waals surface area (Å²) in [7, 11) is -3.75. The van der Waals surface area contributed by atoms with Crippen LogP contribution in [-0.2, 0) is 20.4 Å². The zero-order valence-corrected chi connectivity index (χ0v) is 19.9. The van der Waals surface area contributed by atoms with Crippen molar-refractivity contribution in [3.05, 3.63) is 45.3 Å². The van der Waals surface area contributed by atoms with Crippen LogP contribution in [0.5, 0.6) is 0 Å². The van der Waals surface area contributed by atoms with Crippen LogP contribution < -0.4 is 11.2 Å². The number of nitrogens with one attached hydrogen (secondary N) is 1. The summed E-state index contributed by atoms with van der Waals surface area (Å²) in [5.74, 6) is 0.542. The fourth-order valence-electron chi connectivity index (χ4n) is 3.00. The topological polar surface area (TPSA) is 111 Å². The van der Waals surface area contributed by atoms with E-state index >= 15 is 0 Å². The summed E-state index contributed by atoms with van der Waals surface area (Å²) in [5.41, 5.74) is -1.12. The van der Waals surface area contributed by atoms with Crippen molar-refractivity contribution in [2.45, 2.75) is 66.5 Å². The van der Waals surface area contributed by atoms with E-state index in [2.05, 4.69) is 46.5 Å².